The number of benzene rings is 1. The molecule has 0 saturated heterocycles. The number of rotatable bonds is 9. The molecule has 3 unspecified atom stereocenters. The monoisotopic (exact) mass is 441 g/mol. The zero-order valence-corrected chi connectivity index (χ0v) is 18.3. The zero-order valence-electron chi connectivity index (χ0n) is 17.5. The van der Waals surface area contributed by atoms with Crippen molar-refractivity contribution in [1.29, 1.82) is 0 Å². The third kappa shape index (κ3) is 4.72. The van der Waals surface area contributed by atoms with Gasteiger partial charge in [0.05, 0.1) is 4.90 Å². The van der Waals surface area contributed by atoms with Crippen LogP contribution in [0.2, 0.25) is 0 Å². The second kappa shape index (κ2) is 9.52. The second-order valence-corrected chi connectivity index (χ2v) is 9.38. The van der Waals surface area contributed by atoms with Crippen LogP contribution in [0.3, 0.4) is 0 Å². The molecule has 30 heavy (non-hydrogen) atoms. The number of halogens is 3. The molecule has 0 fully saturated rings. The van der Waals surface area contributed by atoms with Crippen LogP contribution in [0, 0.1) is 18.3 Å². The Morgan fingerprint density at radius 3 is 2.50 bits per heavy atom. The summed E-state index contributed by atoms with van der Waals surface area (Å²) in [7, 11) is -4.22. The highest BCUT2D eigenvalue weighted by molar-refractivity contribution is 7.89. The minimum Gasteiger partial charge on any atom is -0.225 e. The highest BCUT2D eigenvalue weighted by Crippen LogP contribution is 2.58. The molecule has 0 radical (unpaired) electrons. The topological polar surface area (TPSA) is 60.2 Å². The number of primary sulfonamides is 1. The molecule has 0 aromatic heterocycles. The van der Waals surface area contributed by atoms with Crippen LogP contribution in [0.5, 0.6) is 0 Å². The van der Waals surface area contributed by atoms with Crippen LogP contribution < -0.4 is 5.14 Å². The van der Waals surface area contributed by atoms with Gasteiger partial charge in [-0.15, -0.1) is 6.58 Å². The lowest BCUT2D eigenvalue weighted by Gasteiger charge is -2.45. The number of hydrogen-bond acceptors (Lipinski definition) is 2. The largest absolute Gasteiger partial charge is 0.399 e. The summed E-state index contributed by atoms with van der Waals surface area (Å²) in [4.78, 5) is -0.239. The summed E-state index contributed by atoms with van der Waals surface area (Å²) >= 11 is 0. The quantitative estimate of drug-likeness (QED) is 0.368. The first-order valence-corrected chi connectivity index (χ1v) is 11.7. The maximum atomic E-state index is 14.8. The molecule has 0 saturated carbocycles. The molecule has 3 atom stereocenters. The first-order valence-electron chi connectivity index (χ1n) is 10.2. The first kappa shape index (κ1) is 24.4. The fraction of sp³-hybridized carbons (Fsp3) is 0.478. The highest BCUT2D eigenvalue weighted by atomic mass is 32.2. The number of alkyl halides is 3. The average molecular weight is 442 g/mol. The van der Waals surface area contributed by atoms with Crippen LogP contribution in [0.1, 0.15) is 56.1 Å². The van der Waals surface area contributed by atoms with E-state index in [4.69, 9.17) is 5.14 Å². The Hall–Kier alpha value is -1.86. The van der Waals surface area contributed by atoms with E-state index in [1.807, 2.05) is 6.92 Å². The number of unbranched alkanes of at least 4 members (excludes halogenated alkanes) is 3. The highest BCUT2D eigenvalue weighted by Gasteiger charge is 2.61. The van der Waals surface area contributed by atoms with Crippen molar-refractivity contribution in [3.05, 3.63) is 66.3 Å². The van der Waals surface area contributed by atoms with Gasteiger partial charge in [0, 0.05) is 5.92 Å². The Bertz CT molecular complexity index is 919. The fourth-order valence-electron chi connectivity index (χ4n) is 4.50. The third-order valence-electron chi connectivity index (χ3n) is 5.92. The molecule has 0 spiro atoms. The number of hydrogen-bond donors (Lipinski definition) is 1. The van der Waals surface area contributed by atoms with Gasteiger partial charge in [-0.1, -0.05) is 81.2 Å². The molecule has 2 N–H and O–H groups in total. The number of aryl methyl sites for hydroxylation is 1. The van der Waals surface area contributed by atoms with Crippen LogP contribution >= 0.6 is 0 Å². The molecule has 166 valence electrons. The molecule has 0 amide bonds. The Balaban J connectivity index is 2.69. The average Bonchev–Trinajstić information content (AvgIpc) is 2.66. The molecule has 0 aliphatic heterocycles. The number of nitrogens with two attached hydrogens (primary N) is 1. The molecule has 3 nitrogen and oxygen atoms in total. The Kier molecular flexibility index (Phi) is 7.74. The molecule has 1 aliphatic rings. The van der Waals surface area contributed by atoms with E-state index < -0.39 is 33.5 Å². The van der Waals surface area contributed by atoms with Gasteiger partial charge in [0.1, 0.15) is 5.41 Å². The molecule has 0 heterocycles. The summed E-state index contributed by atoms with van der Waals surface area (Å²) in [5.41, 5.74) is -1.91. The molecule has 0 bridgehead atoms. The minimum absolute atomic E-state index is 0.0656. The summed E-state index contributed by atoms with van der Waals surface area (Å²) in [5.74, 6) is -2.14. The molecule has 7 heteroatoms. The first-order chi connectivity index (χ1) is 14.0. The van der Waals surface area contributed by atoms with Crippen molar-refractivity contribution < 1.29 is 21.6 Å². The van der Waals surface area contributed by atoms with Gasteiger partial charge in [0.15, 0.2) is 0 Å². The van der Waals surface area contributed by atoms with Crippen LogP contribution in [0.25, 0.3) is 0 Å². The summed E-state index contributed by atoms with van der Waals surface area (Å²) in [6.45, 7) is 7.29. The minimum atomic E-state index is -4.62. The SMILES string of the molecule is C=CC(CCCCCC)C1(C(F)(F)F)C=CC=CC1c1cccc(C)c1S(N)(=O)=O. The standard InChI is InChI=1S/C23H30F3NO2S/c1-4-6-7-8-13-18(5-2)22(23(24,25)26)16-10-9-15-20(22)19-14-11-12-17(3)21(19)30(27,28)29/h5,9-12,14-16,18,20H,2,4,6-8,13H2,1,3H3,(H2,27,28,29). The van der Waals surface area contributed by atoms with Gasteiger partial charge in [0.2, 0.25) is 10.0 Å². The van der Waals surface area contributed by atoms with Gasteiger partial charge in [-0.25, -0.2) is 13.6 Å². The summed E-state index contributed by atoms with van der Waals surface area (Å²) < 4.78 is 68.9. The van der Waals surface area contributed by atoms with E-state index >= 15 is 0 Å². The third-order valence-corrected chi connectivity index (χ3v) is 7.05. The van der Waals surface area contributed by atoms with Gasteiger partial charge in [-0.3, -0.25) is 0 Å². The predicted octanol–water partition coefficient (Wildman–Crippen LogP) is 6.17. The van der Waals surface area contributed by atoms with E-state index in [0.29, 0.717) is 18.4 Å². The lowest BCUT2D eigenvalue weighted by Crippen LogP contribution is -2.47. The molecule has 1 aromatic rings. The van der Waals surface area contributed by atoms with E-state index in [9.17, 15) is 21.6 Å². The van der Waals surface area contributed by atoms with E-state index in [1.165, 1.54) is 49.4 Å². The van der Waals surface area contributed by atoms with Crippen molar-refractivity contribution in [3.63, 3.8) is 0 Å². The van der Waals surface area contributed by atoms with Gasteiger partial charge in [-0.05, 0) is 30.4 Å². The summed E-state index contributed by atoms with van der Waals surface area (Å²) in [5, 5.41) is 5.41. The Morgan fingerprint density at radius 2 is 1.93 bits per heavy atom. The van der Waals surface area contributed by atoms with Crippen molar-refractivity contribution >= 4 is 10.0 Å². The normalized spacial score (nSPS) is 22.8. The Labute approximate surface area is 177 Å². The summed E-state index contributed by atoms with van der Waals surface area (Å²) in [6, 6.07) is 4.53. The van der Waals surface area contributed by atoms with Crippen molar-refractivity contribution in [2.45, 2.75) is 62.9 Å². The van der Waals surface area contributed by atoms with Crippen LogP contribution in [-0.2, 0) is 10.0 Å². The fourth-order valence-corrected chi connectivity index (χ4v) is 5.54. The Morgan fingerprint density at radius 1 is 1.23 bits per heavy atom. The van der Waals surface area contributed by atoms with E-state index in [0.717, 1.165) is 19.3 Å². The van der Waals surface area contributed by atoms with E-state index in [1.54, 1.807) is 6.07 Å². The maximum Gasteiger partial charge on any atom is 0.399 e. The number of allylic oxidation sites excluding steroid dienone is 5. The maximum absolute atomic E-state index is 14.8. The van der Waals surface area contributed by atoms with Crippen molar-refractivity contribution in [2.24, 2.45) is 16.5 Å². The van der Waals surface area contributed by atoms with Crippen molar-refractivity contribution in [2.75, 3.05) is 0 Å². The van der Waals surface area contributed by atoms with E-state index in [2.05, 4.69) is 6.58 Å². The smallest absolute Gasteiger partial charge is 0.225 e. The van der Waals surface area contributed by atoms with Crippen molar-refractivity contribution in [3.8, 4) is 0 Å². The van der Waals surface area contributed by atoms with Gasteiger partial charge >= 0.3 is 6.18 Å². The molecular weight excluding hydrogens is 411 g/mol. The van der Waals surface area contributed by atoms with Gasteiger partial charge in [-0.2, -0.15) is 13.2 Å². The van der Waals surface area contributed by atoms with Gasteiger partial charge in [0.25, 0.3) is 0 Å². The lowest BCUT2D eigenvalue weighted by molar-refractivity contribution is -0.224. The van der Waals surface area contributed by atoms with Crippen LogP contribution in [0.4, 0.5) is 13.2 Å². The molecular formula is C23H30F3NO2S. The molecule has 1 aromatic carbocycles. The zero-order chi connectivity index (χ0) is 22.6. The summed E-state index contributed by atoms with van der Waals surface area (Å²) in [6.07, 6.45) is 5.98. The van der Waals surface area contributed by atoms with Crippen LogP contribution in [-0.4, -0.2) is 14.6 Å². The van der Waals surface area contributed by atoms with Crippen LogP contribution in [0.15, 0.2) is 60.1 Å². The predicted molar refractivity (Wildman–Crippen MR) is 115 cm³/mol. The van der Waals surface area contributed by atoms with E-state index in [-0.39, 0.29) is 10.5 Å². The van der Waals surface area contributed by atoms with Crippen molar-refractivity contribution in [1.82, 2.24) is 0 Å². The number of sulfonamides is 1. The molecule has 2 rings (SSSR count). The second-order valence-electron chi connectivity index (χ2n) is 7.88. The molecule has 1 aliphatic carbocycles. The lowest BCUT2D eigenvalue weighted by atomic mass is 9.60. The van der Waals surface area contributed by atoms with Gasteiger partial charge < -0.3 is 0 Å².